The van der Waals surface area contributed by atoms with Gasteiger partial charge in [-0.15, -0.1) is 0 Å². The van der Waals surface area contributed by atoms with Crippen LogP contribution in [0.1, 0.15) is 5.56 Å². The van der Waals surface area contributed by atoms with Crippen molar-refractivity contribution in [3.8, 4) is 0 Å². The molecule has 1 fully saturated rings. The summed E-state index contributed by atoms with van der Waals surface area (Å²) >= 11 is 7.04. The molecule has 0 saturated carbocycles. The Balaban J connectivity index is 1.93. The van der Waals surface area contributed by atoms with Crippen LogP contribution in [0.2, 0.25) is 0 Å². The van der Waals surface area contributed by atoms with E-state index in [1.54, 1.807) is 0 Å². The SMILES string of the molecule is CNCC1CN(Cc2ccc(Br)c(Br)c2)CCO1. The predicted molar refractivity (Wildman–Crippen MR) is 80.8 cm³/mol. The fourth-order valence-corrected chi connectivity index (χ4v) is 2.84. The van der Waals surface area contributed by atoms with Gasteiger partial charge in [0.05, 0.1) is 12.7 Å². The van der Waals surface area contributed by atoms with E-state index in [9.17, 15) is 0 Å². The molecule has 5 heteroatoms. The van der Waals surface area contributed by atoms with Gasteiger partial charge in [0.2, 0.25) is 0 Å². The number of hydrogen-bond donors (Lipinski definition) is 1. The Morgan fingerprint density at radius 1 is 1.39 bits per heavy atom. The van der Waals surface area contributed by atoms with Crippen LogP contribution in [-0.2, 0) is 11.3 Å². The fourth-order valence-electron chi connectivity index (χ4n) is 2.17. The Morgan fingerprint density at radius 2 is 2.22 bits per heavy atom. The molecule has 1 atom stereocenters. The first-order valence-corrected chi connectivity index (χ1v) is 7.70. The number of rotatable bonds is 4. The van der Waals surface area contributed by atoms with Gasteiger partial charge >= 0.3 is 0 Å². The Hall–Kier alpha value is 0.0600. The average Bonchev–Trinajstić information content (AvgIpc) is 2.35. The number of hydrogen-bond acceptors (Lipinski definition) is 3. The number of nitrogens with zero attached hydrogens (tertiary/aromatic N) is 1. The Labute approximate surface area is 125 Å². The van der Waals surface area contributed by atoms with E-state index in [1.165, 1.54) is 5.56 Å². The molecule has 1 aromatic rings. The molecule has 0 bridgehead atoms. The van der Waals surface area contributed by atoms with Crippen molar-refractivity contribution in [3.63, 3.8) is 0 Å². The molecule has 0 aliphatic carbocycles. The first kappa shape index (κ1) is 14.5. The standard InChI is InChI=1S/C13H18Br2N2O/c1-16-7-11-9-17(4-5-18-11)8-10-2-3-12(14)13(15)6-10/h2-3,6,11,16H,4-5,7-9H2,1H3. The van der Waals surface area contributed by atoms with Gasteiger partial charge in [-0.05, 0) is 56.6 Å². The molecule has 0 spiro atoms. The highest BCUT2D eigenvalue weighted by molar-refractivity contribution is 9.13. The van der Waals surface area contributed by atoms with E-state index in [0.717, 1.165) is 41.7 Å². The molecular weight excluding hydrogens is 360 g/mol. The summed E-state index contributed by atoms with van der Waals surface area (Å²) in [4.78, 5) is 2.45. The van der Waals surface area contributed by atoms with Crippen molar-refractivity contribution in [2.24, 2.45) is 0 Å². The molecule has 1 aliphatic rings. The zero-order valence-corrected chi connectivity index (χ0v) is 13.6. The van der Waals surface area contributed by atoms with Gasteiger partial charge in [0.25, 0.3) is 0 Å². The van der Waals surface area contributed by atoms with Gasteiger partial charge < -0.3 is 10.1 Å². The summed E-state index contributed by atoms with van der Waals surface area (Å²) < 4.78 is 7.92. The summed E-state index contributed by atoms with van der Waals surface area (Å²) in [5, 5.41) is 3.17. The summed E-state index contributed by atoms with van der Waals surface area (Å²) in [7, 11) is 1.97. The summed E-state index contributed by atoms with van der Waals surface area (Å²) in [5.41, 5.74) is 1.33. The summed E-state index contributed by atoms with van der Waals surface area (Å²) in [5.74, 6) is 0. The van der Waals surface area contributed by atoms with Crippen molar-refractivity contribution >= 4 is 31.9 Å². The number of halogens is 2. The van der Waals surface area contributed by atoms with Crippen LogP contribution in [0.15, 0.2) is 27.1 Å². The number of ether oxygens (including phenoxy) is 1. The molecule has 3 nitrogen and oxygen atoms in total. The van der Waals surface area contributed by atoms with Crippen molar-refractivity contribution in [1.29, 1.82) is 0 Å². The monoisotopic (exact) mass is 376 g/mol. The second kappa shape index (κ2) is 7.01. The number of nitrogens with one attached hydrogen (secondary N) is 1. The molecule has 0 amide bonds. The Bertz CT molecular complexity index is 399. The van der Waals surface area contributed by atoms with E-state index in [0.29, 0.717) is 6.10 Å². The number of morpholine rings is 1. The highest BCUT2D eigenvalue weighted by atomic mass is 79.9. The van der Waals surface area contributed by atoms with Gasteiger partial charge in [-0.2, -0.15) is 0 Å². The molecule has 1 saturated heterocycles. The maximum atomic E-state index is 5.71. The van der Waals surface area contributed by atoms with Gasteiger partial charge in [-0.1, -0.05) is 6.07 Å². The van der Waals surface area contributed by atoms with E-state index < -0.39 is 0 Å². The van der Waals surface area contributed by atoms with Crippen LogP contribution < -0.4 is 5.32 Å². The minimum atomic E-state index is 0.308. The number of benzene rings is 1. The molecule has 2 rings (SSSR count). The lowest BCUT2D eigenvalue weighted by atomic mass is 10.2. The van der Waals surface area contributed by atoms with Crippen LogP contribution in [-0.4, -0.2) is 44.3 Å². The minimum Gasteiger partial charge on any atom is -0.374 e. The first-order chi connectivity index (χ1) is 8.69. The van der Waals surface area contributed by atoms with Gasteiger partial charge in [0.1, 0.15) is 0 Å². The third-order valence-corrected chi connectivity index (χ3v) is 4.92. The van der Waals surface area contributed by atoms with Crippen molar-refractivity contribution in [2.75, 3.05) is 33.3 Å². The topological polar surface area (TPSA) is 24.5 Å². The third kappa shape index (κ3) is 4.03. The quantitative estimate of drug-likeness (QED) is 0.872. The van der Waals surface area contributed by atoms with Crippen molar-refractivity contribution in [3.05, 3.63) is 32.7 Å². The van der Waals surface area contributed by atoms with Gasteiger partial charge in [-0.25, -0.2) is 0 Å². The van der Waals surface area contributed by atoms with Crippen LogP contribution in [0.25, 0.3) is 0 Å². The normalized spacial score (nSPS) is 21.2. The summed E-state index contributed by atoms with van der Waals surface area (Å²) in [6, 6.07) is 6.43. The largest absolute Gasteiger partial charge is 0.374 e. The molecule has 1 aliphatic heterocycles. The Morgan fingerprint density at radius 3 is 2.94 bits per heavy atom. The van der Waals surface area contributed by atoms with Crippen LogP contribution in [0.3, 0.4) is 0 Å². The van der Waals surface area contributed by atoms with Crippen molar-refractivity contribution in [1.82, 2.24) is 10.2 Å². The molecule has 1 unspecified atom stereocenters. The van der Waals surface area contributed by atoms with Gasteiger partial charge in [0, 0.05) is 35.1 Å². The second-order valence-electron chi connectivity index (χ2n) is 4.53. The molecule has 18 heavy (non-hydrogen) atoms. The lowest BCUT2D eigenvalue weighted by molar-refractivity contribution is -0.0291. The molecule has 100 valence electrons. The predicted octanol–water partition coefficient (Wildman–Crippen LogP) is 2.63. The lowest BCUT2D eigenvalue weighted by Gasteiger charge is -2.32. The van der Waals surface area contributed by atoms with Crippen molar-refractivity contribution < 1.29 is 4.74 Å². The minimum absolute atomic E-state index is 0.308. The van der Waals surface area contributed by atoms with Gasteiger partial charge in [0.15, 0.2) is 0 Å². The van der Waals surface area contributed by atoms with Crippen LogP contribution >= 0.6 is 31.9 Å². The van der Waals surface area contributed by atoms with Crippen molar-refractivity contribution in [2.45, 2.75) is 12.6 Å². The third-order valence-electron chi connectivity index (χ3n) is 3.04. The Kier molecular flexibility index (Phi) is 5.63. The number of likely N-dealkylation sites (N-methyl/N-ethyl adjacent to an activating group) is 1. The zero-order chi connectivity index (χ0) is 13.0. The van der Waals surface area contributed by atoms with Crippen LogP contribution in [0.5, 0.6) is 0 Å². The van der Waals surface area contributed by atoms with Crippen LogP contribution in [0, 0.1) is 0 Å². The molecule has 1 N–H and O–H groups in total. The highest BCUT2D eigenvalue weighted by Crippen LogP contribution is 2.24. The van der Waals surface area contributed by atoms with Crippen LogP contribution in [0.4, 0.5) is 0 Å². The molecule has 0 aromatic heterocycles. The van der Waals surface area contributed by atoms with E-state index in [4.69, 9.17) is 4.74 Å². The second-order valence-corrected chi connectivity index (χ2v) is 6.24. The summed E-state index contributed by atoms with van der Waals surface area (Å²) in [6.45, 7) is 4.72. The van der Waals surface area contributed by atoms with E-state index in [1.807, 2.05) is 7.05 Å². The maximum Gasteiger partial charge on any atom is 0.0826 e. The molecule has 1 aromatic carbocycles. The lowest BCUT2D eigenvalue weighted by Crippen LogP contribution is -2.45. The highest BCUT2D eigenvalue weighted by Gasteiger charge is 2.19. The van der Waals surface area contributed by atoms with E-state index in [2.05, 4.69) is 60.3 Å². The average molecular weight is 378 g/mol. The molecular formula is C13H18Br2N2O. The van der Waals surface area contributed by atoms with E-state index in [-0.39, 0.29) is 0 Å². The zero-order valence-electron chi connectivity index (χ0n) is 10.5. The van der Waals surface area contributed by atoms with Gasteiger partial charge in [-0.3, -0.25) is 4.90 Å². The fraction of sp³-hybridized carbons (Fsp3) is 0.538. The summed E-state index contributed by atoms with van der Waals surface area (Å²) in [6.07, 6.45) is 0.308. The first-order valence-electron chi connectivity index (χ1n) is 6.11. The maximum absolute atomic E-state index is 5.71. The smallest absolute Gasteiger partial charge is 0.0826 e. The molecule has 0 radical (unpaired) electrons. The molecule has 1 heterocycles. The van der Waals surface area contributed by atoms with E-state index >= 15 is 0 Å².